The standard InChI is InChI=1S/C19H14ClN3O3/c1-10(24)26-17-9-14-12-4-2-3-5-15(12)19(17,18(25)22-23-21)16-8-11(20)6-7-13(14)16/h2-8,14,17H,9H2,1H3. The second-order valence-electron chi connectivity index (χ2n) is 6.51. The van der Waals surface area contributed by atoms with Gasteiger partial charge in [-0.2, -0.15) is 0 Å². The minimum absolute atomic E-state index is 0.0245. The van der Waals surface area contributed by atoms with E-state index >= 15 is 0 Å². The van der Waals surface area contributed by atoms with Gasteiger partial charge in [-0.25, -0.2) is 0 Å². The Morgan fingerprint density at radius 3 is 2.69 bits per heavy atom. The molecule has 3 atom stereocenters. The fourth-order valence-corrected chi connectivity index (χ4v) is 4.63. The van der Waals surface area contributed by atoms with Crippen molar-refractivity contribution in [3.63, 3.8) is 0 Å². The Hall–Kier alpha value is -2.82. The number of nitrogens with zero attached hydrogens (tertiary/aromatic N) is 3. The Kier molecular flexibility index (Phi) is 3.75. The van der Waals surface area contributed by atoms with Crippen LogP contribution in [0.2, 0.25) is 5.02 Å². The van der Waals surface area contributed by atoms with Gasteiger partial charge < -0.3 is 4.74 Å². The minimum atomic E-state index is -1.39. The van der Waals surface area contributed by atoms with Gasteiger partial charge in [0.05, 0.1) is 0 Å². The largest absolute Gasteiger partial charge is 0.461 e. The van der Waals surface area contributed by atoms with Gasteiger partial charge in [-0.15, -0.1) is 0 Å². The monoisotopic (exact) mass is 367 g/mol. The Balaban J connectivity index is 2.11. The van der Waals surface area contributed by atoms with Crippen molar-refractivity contribution in [1.29, 1.82) is 0 Å². The maximum atomic E-state index is 13.1. The van der Waals surface area contributed by atoms with Crippen molar-refractivity contribution in [1.82, 2.24) is 0 Å². The Morgan fingerprint density at radius 2 is 1.96 bits per heavy atom. The molecule has 0 radical (unpaired) electrons. The van der Waals surface area contributed by atoms with E-state index in [0.29, 0.717) is 22.6 Å². The summed E-state index contributed by atoms with van der Waals surface area (Å²) in [5.74, 6) is -1.21. The number of rotatable bonds is 2. The molecule has 0 N–H and O–H groups in total. The molecule has 0 aromatic heterocycles. The smallest absolute Gasteiger partial charge is 0.302 e. The van der Waals surface area contributed by atoms with E-state index in [1.165, 1.54) is 6.92 Å². The van der Waals surface area contributed by atoms with Crippen LogP contribution >= 0.6 is 11.6 Å². The summed E-state index contributed by atoms with van der Waals surface area (Å²) in [7, 11) is 0. The Bertz CT molecular complexity index is 999. The van der Waals surface area contributed by atoms with Crippen molar-refractivity contribution in [3.05, 3.63) is 80.2 Å². The number of benzene rings is 2. The van der Waals surface area contributed by atoms with Crippen LogP contribution in [0.15, 0.2) is 47.6 Å². The highest BCUT2D eigenvalue weighted by Crippen LogP contribution is 2.58. The van der Waals surface area contributed by atoms with Crippen molar-refractivity contribution >= 4 is 23.5 Å². The second-order valence-corrected chi connectivity index (χ2v) is 6.94. The molecule has 6 nitrogen and oxygen atoms in total. The minimum Gasteiger partial charge on any atom is -0.461 e. The predicted molar refractivity (Wildman–Crippen MR) is 94.8 cm³/mol. The fraction of sp³-hybridized carbons (Fsp3) is 0.263. The zero-order valence-corrected chi connectivity index (χ0v) is 14.6. The van der Waals surface area contributed by atoms with Crippen molar-refractivity contribution in [3.8, 4) is 0 Å². The summed E-state index contributed by atoms with van der Waals surface area (Å²) < 4.78 is 5.56. The second kappa shape index (κ2) is 5.87. The highest BCUT2D eigenvalue weighted by atomic mass is 35.5. The molecule has 0 saturated carbocycles. The molecule has 2 bridgehead atoms. The lowest BCUT2D eigenvalue weighted by atomic mass is 9.53. The number of fused-ring (bicyclic) bond motifs is 1. The first kappa shape index (κ1) is 16.6. The lowest BCUT2D eigenvalue weighted by Crippen LogP contribution is -2.56. The molecule has 2 aromatic rings. The van der Waals surface area contributed by atoms with Crippen molar-refractivity contribution in [2.75, 3.05) is 0 Å². The molecule has 130 valence electrons. The summed E-state index contributed by atoms with van der Waals surface area (Å²) in [4.78, 5) is 27.6. The maximum Gasteiger partial charge on any atom is 0.302 e. The van der Waals surface area contributed by atoms with E-state index in [0.717, 1.165) is 11.1 Å². The number of esters is 1. The number of hydrogen-bond donors (Lipinski definition) is 0. The van der Waals surface area contributed by atoms with Crippen LogP contribution < -0.4 is 0 Å². The molecule has 0 aliphatic heterocycles. The molecule has 0 fully saturated rings. The number of carbonyl (C=O) groups is 2. The molecular formula is C19H14ClN3O3. The molecular weight excluding hydrogens is 354 g/mol. The van der Waals surface area contributed by atoms with Gasteiger partial charge in [0.25, 0.3) is 0 Å². The third-order valence-corrected chi connectivity index (χ3v) is 5.53. The van der Waals surface area contributed by atoms with Gasteiger partial charge in [0.1, 0.15) is 11.5 Å². The van der Waals surface area contributed by atoms with Gasteiger partial charge in [-0.3, -0.25) is 9.59 Å². The third-order valence-electron chi connectivity index (χ3n) is 5.29. The van der Waals surface area contributed by atoms with E-state index in [1.807, 2.05) is 30.3 Å². The van der Waals surface area contributed by atoms with Crippen LogP contribution in [0.3, 0.4) is 0 Å². The lowest BCUT2D eigenvalue weighted by molar-refractivity contribution is -0.153. The van der Waals surface area contributed by atoms with Crippen LogP contribution in [0.5, 0.6) is 0 Å². The first-order valence-electron chi connectivity index (χ1n) is 8.16. The SMILES string of the molecule is CC(=O)OC1CC2c3ccccc3C1(C(=O)N=[N+]=[N-])c1cc(Cl)ccc12. The Labute approximate surface area is 154 Å². The molecule has 0 spiro atoms. The van der Waals surface area contributed by atoms with Crippen LogP contribution in [-0.2, 0) is 19.7 Å². The zero-order chi connectivity index (χ0) is 18.5. The maximum absolute atomic E-state index is 13.1. The number of carbonyl (C=O) groups excluding carboxylic acids is 2. The van der Waals surface area contributed by atoms with E-state index in [1.54, 1.807) is 12.1 Å². The summed E-state index contributed by atoms with van der Waals surface area (Å²) in [6, 6.07) is 12.9. The van der Waals surface area contributed by atoms with Crippen molar-refractivity contribution in [2.24, 2.45) is 5.11 Å². The number of azide groups is 1. The number of ether oxygens (including phenoxy) is 1. The van der Waals surface area contributed by atoms with Crippen LogP contribution in [0.1, 0.15) is 41.5 Å². The van der Waals surface area contributed by atoms with Crippen molar-refractivity contribution < 1.29 is 14.3 Å². The summed E-state index contributed by atoms with van der Waals surface area (Å²) >= 11 is 6.22. The van der Waals surface area contributed by atoms with E-state index in [2.05, 4.69) is 10.0 Å². The summed E-state index contributed by atoms with van der Waals surface area (Å²) in [5.41, 5.74) is 10.8. The molecule has 0 heterocycles. The van der Waals surface area contributed by atoms with E-state index in [9.17, 15) is 9.59 Å². The van der Waals surface area contributed by atoms with Crippen LogP contribution in [0.25, 0.3) is 10.4 Å². The molecule has 3 aliphatic carbocycles. The van der Waals surface area contributed by atoms with Gasteiger partial charge in [-0.1, -0.05) is 41.9 Å². The lowest BCUT2D eigenvalue weighted by Gasteiger charge is -2.51. The summed E-state index contributed by atoms with van der Waals surface area (Å²) in [5, 5.41) is 3.87. The highest BCUT2D eigenvalue weighted by Gasteiger charge is 2.60. The fourth-order valence-electron chi connectivity index (χ4n) is 4.46. The molecule has 5 rings (SSSR count). The Morgan fingerprint density at radius 1 is 1.23 bits per heavy atom. The van der Waals surface area contributed by atoms with Gasteiger partial charge in [-0.05, 0) is 51.5 Å². The van der Waals surface area contributed by atoms with E-state index in [4.69, 9.17) is 21.9 Å². The quantitative estimate of drug-likeness (QED) is 0.344. The summed E-state index contributed by atoms with van der Waals surface area (Å²) in [6.07, 6.45) is -0.318. The van der Waals surface area contributed by atoms with Crippen LogP contribution in [-0.4, -0.2) is 18.0 Å². The number of amides is 1. The van der Waals surface area contributed by atoms with Crippen LogP contribution in [0.4, 0.5) is 0 Å². The average Bonchev–Trinajstić information content (AvgIpc) is 2.61. The normalized spacial score (nSPS) is 24.8. The molecule has 3 aliphatic rings. The topological polar surface area (TPSA) is 92.1 Å². The molecule has 7 heteroatoms. The first-order chi connectivity index (χ1) is 12.5. The zero-order valence-electron chi connectivity index (χ0n) is 13.8. The molecule has 26 heavy (non-hydrogen) atoms. The first-order valence-corrected chi connectivity index (χ1v) is 8.54. The summed E-state index contributed by atoms with van der Waals surface area (Å²) in [6.45, 7) is 1.30. The molecule has 3 unspecified atom stereocenters. The highest BCUT2D eigenvalue weighted by molar-refractivity contribution is 6.30. The van der Waals surface area contributed by atoms with Crippen molar-refractivity contribution in [2.45, 2.75) is 30.8 Å². The molecule has 0 saturated heterocycles. The van der Waals surface area contributed by atoms with Crippen LogP contribution in [0, 0.1) is 0 Å². The number of hydrogen-bond acceptors (Lipinski definition) is 3. The third kappa shape index (κ3) is 2.09. The van der Waals surface area contributed by atoms with Gasteiger partial charge in [0.2, 0.25) is 5.91 Å². The molecule has 1 amide bonds. The average molecular weight is 368 g/mol. The number of halogens is 1. The van der Waals surface area contributed by atoms with Gasteiger partial charge >= 0.3 is 5.97 Å². The van der Waals surface area contributed by atoms with E-state index < -0.39 is 23.4 Å². The molecule has 2 aromatic carbocycles. The van der Waals surface area contributed by atoms with Gasteiger partial charge in [0.15, 0.2) is 0 Å². The van der Waals surface area contributed by atoms with E-state index in [-0.39, 0.29) is 5.92 Å². The predicted octanol–water partition coefficient (Wildman–Crippen LogP) is 4.24. The van der Waals surface area contributed by atoms with Gasteiger partial charge in [0, 0.05) is 22.8 Å².